The minimum absolute atomic E-state index is 0.756. The van der Waals surface area contributed by atoms with E-state index in [2.05, 4.69) is 72.8 Å². The zero-order chi connectivity index (χ0) is 24.0. The van der Waals surface area contributed by atoms with E-state index in [9.17, 15) is 4.57 Å². The van der Waals surface area contributed by atoms with E-state index in [1.165, 1.54) is 15.9 Å². The Morgan fingerprint density at radius 3 is 1.06 bits per heavy atom. The molecule has 0 aromatic heterocycles. The third-order valence-electron chi connectivity index (χ3n) is 5.90. The molecule has 0 aliphatic carbocycles. The van der Waals surface area contributed by atoms with Crippen LogP contribution in [0.5, 0.6) is 0 Å². The summed E-state index contributed by atoms with van der Waals surface area (Å²) in [6, 6.07) is 51.1. The fraction of sp³-hybridized carbons (Fsp3) is 0. The molecule has 0 fully saturated rings. The molecule has 0 saturated heterocycles. The average molecular weight is 508 g/mol. The van der Waals surface area contributed by atoms with E-state index in [1.54, 1.807) is 0 Å². The van der Waals surface area contributed by atoms with Gasteiger partial charge in [-0.2, -0.15) is 4.52 Å². The third kappa shape index (κ3) is 4.71. The van der Waals surface area contributed by atoms with Crippen molar-refractivity contribution < 1.29 is 4.57 Å². The number of benzene rings is 5. The smallest absolute Gasteiger partial charge is 0.253 e. The molecule has 0 aliphatic rings. The number of hydrogen-bond donors (Lipinski definition) is 0. The van der Waals surface area contributed by atoms with E-state index in [0.29, 0.717) is 0 Å². The maximum absolute atomic E-state index is 14.8. The lowest BCUT2D eigenvalue weighted by Gasteiger charge is -2.22. The molecule has 0 saturated carbocycles. The molecule has 0 unspecified atom stereocenters. The van der Waals surface area contributed by atoms with Crippen molar-refractivity contribution in [3.05, 3.63) is 152 Å². The Balaban J connectivity index is 1.81. The van der Waals surface area contributed by atoms with Gasteiger partial charge in [0.2, 0.25) is 8.06 Å². The predicted molar refractivity (Wildman–Crippen MR) is 154 cm³/mol. The van der Waals surface area contributed by atoms with Gasteiger partial charge in [-0.3, -0.25) is 4.57 Å². The van der Waals surface area contributed by atoms with Crippen LogP contribution < -0.4 is 26.5 Å². The molecule has 0 amide bonds. The van der Waals surface area contributed by atoms with Crippen LogP contribution in [0.15, 0.2) is 156 Å². The van der Waals surface area contributed by atoms with E-state index >= 15 is 0 Å². The molecule has 0 bridgehead atoms. The fourth-order valence-corrected chi connectivity index (χ4v) is 14.6. The van der Waals surface area contributed by atoms with Crippen LogP contribution in [0.4, 0.5) is 0 Å². The molecular weight excluding hydrogens is 483 g/mol. The largest absolute Gasteiger partial charge is 0.288 e. The van der Waals surface area contributed by atoms with Crippen LogP contribution in [0.3, 0.4) is 0 Å². The minimum atomic E-state index is -3.24. The highest BCUT2D eigenvalue weighted by molar-refractivity contribution is 8.39. The van der Waals surface area contributed by atoms with E-state index < -0.39 is 14.2 Å². The monoisotopic (exact) mass is 508 g/mol. The summed E-state index contributed by atoms with van der Waals surface area (Å²) in [4.78, 5) is 0. The normalized spacial score (nSPS) is 12.0. The Kier molecular flexibility index (Phi) is 7.17. The lowest BCUT2D eigenvalue weighted by atomic mass is 10.4. The highest BCUT2D eigenvalue weighted by atomic mass is 32.1. The summed E-state index contributed by atoms with van der Waals surface area (Å²) in [5.41, 5.74) is 0. The second kappa shape index (κ2) is 10.6. The van der Waals surface area contributed by atoms with Crippen molar-refractivity contribution in [3.8, 4) is 0 Å². The van der Waals surface area contributed by atoms with Gasteiger partial charge in [0.05, 0.1) is 0 Å². The van der Waals surface area contributed by atoms with Crippen molar-refractivity contribution >= 4 is 48.8 Å². The summed E-state index contributed by atoms with van der Waals surface area (Å²) >= 11 is 0. The molecular formula is C30H25NOP3+. The summed E-state index contributed by atoms with van der Waals surface area (Å²) in [6.07, 6.45) is 0. The van der Waals surface area contributed by atoms with Crippen molar-refractivity contribution in [2.45, 2.75) is 0 Å². The van der Waals surface area contributed by atoms with Gasteiger partial charge in [0.25, 0.3) is 7.29 Å². The van der Waals surface area contributed by atoms with E-state index in [0.717, 1.165) is 18.7 Å². The third-order valence-corrected chi connectivity index (χ3v) is 16.2. The summed E-state index contributed by atoms with van der Waals surface area (Å²) in [7, 11) is -2.44. The maximum atomic E-state index is 14.8. The highest BCUT2D eigenvalue weighted by Gasteiger charge is 2.47. The molecule has 0 heterocycles. The van der Waals surface area contributed by atoms with Crippen molar-refractivity contribution in [1.29, 1.82) is 0 Å². The topological polar surface area (TPSA) is 29.4 Å². The van der Waals surface area contributed by atoms with Crippen molar-refractivity contribution in [3.63, 3.8) is 0 Å². The van der Waals surface area contributed by atoms with E-state index in [1.807, 2.05) is 78.9 Å². The van der Waals surface area contributed by atoms with Gasteiger partial charge in [0.15, 0.2) is 6.95 Å². The van der Waals surface area contributed by atoms with Gasteiger partial charge in [-0.15, -0.1) is 0 Å². The maximum Gasteiger partial charge on any atom is 0.253 e. The first-order valence-corrected chi connectivity index (χ1v) is 16.5. The first kappa shape index (κ1) is 23.6. The Morgan fingerprint density at radius 2 is 0.743 bits per heavy atom. The highest BCUT2D eigenvalue weighted by Crippen LogP contribution is 2.70. The van der Waals surface area contributed by atoms with Gasteiger partial charge < -0.3 is 0 Å². The van der Waals surface area contributed by atoms with Gasteiger partial charge in [-0.05, 0) is 60.7 Å². The van der Waals surface area contributed by atoms with Gasteiger partial charge in [-0.1, -0.05) is 91.0 Å². The summed E-state index contributed by atoms with van der Waals surface area (Å²) in [6.45, 7) is -2.26. The van der Waals surface area contributed by atoms with Crippen LogP contribution in [0.2, 0.25) is 0 Å². The van der Waals surface area contributed by atoms with E-state index in [-0.39, 0.29) is 0 Å². The summed E-state index contributed by atoms with van der Waals surface area (Å²) in [5.74, 6) is 0. The molecule has 170 valence electrons. The van der Waals surface area contributed by atoms with Crippen LogP contribution in [-0.2, 0) is 4.57 Å². The standard InChI is InChI=1S/C30H25NOP3/c32-35(29-22-12-4-13-23-29,30-24-14-5-15-25-30)31-33-34(26-16-6-1-7-17-26,27-18-8-2-9-19-27)28-20-10-3-11-21-28/h1-25H/q+1. The first-order chi connectivity index (χ1) is 17.2. The van der Waals surface area contributed by atoms with Gasteiger partial charge >= 0.3 is 0 Å². The molecule has 5 rings (SSSR count). The van der Waals surface area contributed by atoms with Crippen molar-refractivity contribution in [2.24, 2.45) is 4.52 Å². The summed E-state index contributed by atoms with van der Waals surface area (Å²) < 4.78 is 20.0. The Labute approximate surface area is 209 Å². The number of nitrogens with zero attached hydrogens (tertiary/aromatic N) is 1. The number of hydrogen-bond acceptors (Lipinski definition) is 1. The van der Waals surface area contributed by atoms with Gasteiger partial charge in [0.1, 0.15) is 15.9 Å². The Morgan fingerprint density at radius 1 is 0.457 bits per heavy atom. The second-order valence-electron chi connectivity index (χ2n) is 8.07. The molecule has 0 N–H and O–H groups in total. The molecule has 2 nitrogen and oxygen atoms in total. The van der Waals surface area contributed by atoms with Gasteiger partial charge in [-0.25, -0.2) is 0 Å². The SMILES string of the molecule is O=P(N=P[P+](c1ccccc1)(c1ccccc1)c1ccccc1)(c1ccccc1)c1ccccc1. The first-order valence-electron chi connectivity index (χ1n) is 11.5. The zero-order valence-corrected chi connectivity index (χ0v) is 21.8. The molecule has 5 aromatic rings. The van der Waals surface area contributed by atoms with Crippen LogP contribution >= 0.6 is 22.3 Å². The second-order valence-corrected chi connectivity index (χ2v) is 16.3. The molecule has 5 heteroatoms. The Hall–Kier alpha value is -3.14. The van der Waals surface area contributed by atoms with Gasteiger partial charge in [0, 0.05) is 10.6 Å². The molecule has 0 atom stereocenters. The molecule has 35 heavy (non-hydrogen) atoms. The molecule has 5 aromatic carbocycles. The number of rotatable bonds is 7. The van der Waals surface area contributed by atoms with Crippen molar-refractivity contribution in [1.82, 2.24) is 0 Å². The van der Waals surface area contributed by atoms with Crippen LogP contribution in [0.1, 0.15) is 0 Å². The average Bonchev–Trinajstić information content (AvgIpc) is 2.96. The summed E-state index contributed by atoms with van der Waals surface area (Å²) in [5, 5.41) is 5.17. The molecule has 0 spiro atoms. The molecule has 0 aliphatic heterocycles. The van der Waals surface area contributed by atoms with Crippen molar-refractivity contribution in [2.75, 3.05) is 0 Å². The van der Waals surface area contributed by atoms with Crippen LogP contribution in [0, 0.1) is 0 Å². The zero-order valence-electron chi connectivity index (χ0n) is 19.1. The van der Waals surface area contributed by atoms with Crippen LogP contribution in [-0.4, -0.2) is 0 Å². The lowest BCUT2D eigenvalue weighted by molar-refractivity contribution is 0.588. The minimum Gasteiger partial charge on any atom is -0.288 e. The lowest BCUT2D eigenvalue weighted by Crippen LogP contribution is -2.27. The predicted octanol–water partition coefficient (Wildman–Crippen LogP) is 6.95. The fourth-order valence-electron chi connectivity index (χ4n) is 4.16. The Bertz CT molecular complexity index is 1300. The quantitative estimate of drug-likeness (QED) is 0.219. The van der Waals surface area contributed by atoms with Crippen LogP contribution in [0.25, 0.3) is 0 Å². The molecule has 0 radical (unpaired) electrons. The van der Waals surface area contributed by atoms with E-state index in [4.69, 9.17) is 4.52 Å².